The van der Waals surface area contributed by atoms with Crippen LogP contribution in [0.15, 0.2) is 39.2 Å². The molecule has 2 rings (SSSR count). The van der Waals surface area contributed by atoms with E-state index in [1.165, 1.54) is 5.56 Å². The molecule has 0 atom stereocenters. The maximum atomic E-state index is 11.0. The van der Waals surface area contributed by atoms with E-state index >= 15 is 0 Å². The number of hydrogen-bond acceptors (Lipinski definition) is 2. The minimum atomic E-state index is 0.107. The number of aryl methyl sites for hydroxylation is 1. The summed E-state index contributed by atoms with van der Waals surface area (Å²) in [7, 11) is 0. The summed E-state index contributed by atoms with van der Waals surface area (Å²) in [4.78, 5) is 11.0. The maximum absolute atomic E-state index is 11.0. The highest BCUT2D eigenvalue weighted by Crippen LogP contribution is 2.27. The van der Waals surface area contributed by atoms with Gasteiger partial charge in [0.1, 0.15) is 17.3 Å². The number of halogens is 1. The molecule has 88 valence electrons. The lowest BCUT2D eigenvalue weighted by atomic mass is 10.1. The molecule has 2 aromatic rings. The number of Topliss-reactive ketones (excluding diaryl/α,β-unsaturated/α-hetero) is 1. The topological polar surface area (TPSA) is 30.2 Å². The fourth-order valence-corrected chi connectivity index (χ4v) is 2.00. The second-order valence-corrected chi connectivity index (χ2v) is 4.96. The molecule has 17 heavy (non-hydrogen) atoms. The summed E-state index contributed by atoms with van der Waals surface area (Å²) in [5.41, 5.74) is 2.20. The lowest BCUT2D eigenvalue weighted by Crippen LogP contribution is -1.93. The summed E-state index contributed by atoms with van der Waals surface area (Å²) in [5, 5.41) is 0. The Labute approximate surface area is 109 Å². The molecular formula is C14H13BrO2. The van der Waals surface area contributed by atoms with Crippen molar-refractivity contribution in [3.05, 3.63) is 46.1 Å². The minimum Gasteiger partial charge on any atom is -0.461 e. The summed E-state index contributed by atoms with van der Waals surface area (Å²) in [6, 6.07) is 9.81. The van der Waals surface area contributed by atoms with E-state index in [-0.39, 0.29) is 5.78 Å². The molecule has 0 radical (unpaired) electrons. The van der Waals surface area contributed by atoms with Crippen molar-refractivity contribution < 1.29 is 9.21 Å². The van der Waals surface area contributed by atoms with E-state index in [4.69, 9.17) is 4.42 Å². The Kier molecular flexibility index (Phi) is 3.48. The zero-order valence-corrected chi connectivity index (χ0v) is 11.4. The number of hydrogen-bond donors (Lipinski definition) is 0. The van der Waals surface area contributed by atoms with Gasteiger partial charge >= 0.3 is 0 Å². The van der Waals surface area contributed by atoms with E-state index in [2.05, 4.69) is 15.9 Å². The highest BCUT2D eigenvalue weighted by molar-refractivity contribution is 9.10. The Morgan fingerprint density at radius 2 is 2.06 bits per heavy atom. The van der Waals surface area contributed by atoms with E-state index in [9.17, 15) is 4.79 Å². The number of carbonyl (C=O) groups excluding carboxylic acids is 1. The van der Waals surface area contributed by atoms with E-state index in [1.54, 1.807) is 6.92 Å². The first-order valence-electron chi connectivity index (χ1n) is 5.41. The number of rotatable bonds is 3. The largest absolute Gasteiger partial charge is 0.461 e. The molecule has 0 fully saturated rings. The van der Waals surface area contributed by atoms with Gasteiger partial charge in [0.05, 0.1) is 6.42 Å². The van der Waals surface area contributed by atoms with Gasteiger partial charge in [0, 0.05) is 10.0 Å². The lowest BCUT2D eigenvalue weighted by Gasteiger charge is -2.01. The maximum Gasteiger partial charge on any atom is 0.137 e. The SMILES string of the molecule is CC(=O)Cc1ccc(-c2ccc(C)c(Br)c2)o1. The van der Waals surface area contributed by atoms with E-state index in [0.29, 0.717) is 12.2 Å². The number of carbonyl (C=O) groups is 1. The third kappa shape index (κ3) is 2.86. The van der Waals surface area contributed by atoms with Crippen LogP contribution in [0.1, 0.15) is 18.2 Å². The molecule has 0 N–H and O–H groups in total. The zero-order valence-electron chi connectivity index (χ0n) is 9.79. The van der Waals surface area contributed by atoms with Crippen LogP contribution in [0.25, 0.3) is 11.3 Å². The predicted molar refractivity (Wildman–Crippen MR) is 71.0 cm³/mol. The van der Waals surface area contributed by atoms with Crippen LogP contribution in [0.5, 0.6) is 0 Å². The van der Waals surface area contributed by atoms with Gasteiger partial charge in [-0.1, -0.05) is 28.1 Å². The second-order valence-electron chi connectivity index (χ2n) is 4.11. The van der Waals surface area contributed by atoms with Gasteiger partial charge in [-0.05, 0) is 37.6 Å². The van der Waals surface area contributed by atoms with Crippen LogP contribution in [0, 0.1) is 6.92 Å². The normalized spacial score (nSPS) is 10.5. The van der Waals surface area contributed by atoms with Crippen molar-refractivity contribution in [3.8, 4) is 11.3 Å². The first kappa shape index (κ1) is 12.1. The Balaban J connectivity index is 2.30. The van der Waals surface area contributed by atoms with Crippen LogP contribution < -0.4 is 0 Å². The molecule has 0 saturated heterocycles. The molecule has 2 nitrogen and oxygen atoms in total. The van der Waals surface area contributed by atoms with Gasteiger partial charge in [-0.15, -0.1) is 0 Å². The van der Waals surface area contributed by atoms with Crippen LogP contribution in [0.3, 0.4) is 0 Å². The van der Waals surface area contributed by atoms with Crippen LogP contribution in [-0.2, 0) is 11.2 Å². The quantitative estimate of drug-likeness (QED) is 0.851. The van der Waals surface area contributed by atoms with Crippen molar-refractivity contribution in [2.24, 2.45) is 0 Å². The third-order valence-electron chi connectivity index (χ3n) is 2.54. The Bertz CT molecular complexity index is 555. The van der Waals surface area contributed by atoms with Crippen LogP contribution in [-0.4, -0.2) is 5.78 Å². The van der Waals surface area contributed by atoms with Crippen LogP contribution >= 0.6 is 15.9 Å². The molecule has 1 heterocycles. The standard InChI is InChI=1S/C14H13BrO2/c1-9-3-4-11(8-13(9)15)14-6-5-12(17-14)7-10(2)16/h3-6,8H,7H2,1-2H3. The molecule has 0 saturated carbocycles. The molecule has 0 aliphatic heterocycles. The average molecular weight is 293 g/mol. The van der Waals surface area contributed by atoms with Gasteiger partial charge in [-0.3, -0.25) is 4.79 Å². The molecule has 0 unspecified atom stereocenters. The van der Waals surface area contributed by atoms with Gasteiger partial charge in [0.2, 0.25) is 0 Å². The van der Waals surface area contributed by atoms with Crippen molar-refractivity contribution in [2.75, 3.05) is 0 Å². The van der Waals surface area contributed by atoms with Gasteiger partial charge < -0.3 is 4.42 Å². The van der Waals surface area contributed by atoms with Gasteiger partial charge in [-0.2, -0.15) is 0 Å². The number of benzene rings is 1. The highest BCUT2D eigenvalue weighted by atomic mass is 79.9. The summed E-state index contributed by atoms with van der Waals surface area (Å²) in [6.07, 6.45) is 0.354. The van der Waals surface area contributed by atoms with E-state index in [0.717, 1.165) is 15.8 Å². The first-order valence-corrected chi connectivity index (χ1v) is 6.20. The molecule has 0 spiro atoms. The molecule has 1 aromatic heterocycles. The van der Waals surface area contributed by atoms with Crippen molar-refractivity contribution in [3.63, 3.8) is 0 Å². The van der Waals surface area contributed by atoms with Crippen molar-refractivity contribution in [2.45, 2.75) is 20.3 Å². The summed E-state index contributed by atoms with van der Waals surface area (Å²) < 4.78 is 6.69. The fraction of sp³-hybridized carbons (Fsp3) is 0.214. The first-order chi connectivity index (χ1) is 8.06. The van der Waals surface area contributed by atoms with Gasteiger partial charge in [0.25, 0.3) is 0 Å². The van der Waals surface area contributed by atoms with E-state index in [1.807, 2.05) is 37.3 Å². The van der Waals surface area contributed by atoms with Gasteiger partial charge in [0.15, 0.2) is 0 Å². The lowest BCUT2D eigenvalue weighted by molar-refractivity contribution is -0.116. The van der Waals surface area contributed by atoms with Crippen LogP contribution in [0.4, 0.5) is 0 Å². The minimum absolute atomic E-state index is 0.107. The Morgan fingerprint density at radius 1 is 1.29 bits per heavy atom. The number of furan rings is 1. The fourth-order valence-electron chi connectivity index (χ4n) is 1.62. The summed E-state index contributed by atoms with van der Waals surface area (Å²) >= 11 is 3.49. The monoisotopic (exact) mass is 292 g/mol. The molecule has 0 aliphatic carbocycles. The van der Waals surface area contributed by atoms with Crippen LogP contribution in [0.2, 0.25) is 0 Å². The summed E-state index contributed by atoms with van der Waals surface area (Å²) in [5.74, 6) is 1.61. The van der Waals surface area contributed by atoms with Crippen molar-refractivity contribution in [1.29, 1.82) is 0 Å². The Hall–Kier alpha value is -1.35. The van der Waals surface area contributed by atoms with Gasteiger partial charge in [-0.25, -0.2) is 0 Å². The predicted octanol–water partition coefficient (Wildman–Crippen LogP) is 4.15. The molecule has 0 bridgehead atoms. The Morgan fingerprint density at radius 3 is 2.71 bits per heavy atom. The van der Waals surface area contributed by atoms with Crippen molar-refractivity contribution in [1.82, 2.24) is 0 Å². The van der Waals surface area contributed by atoms with Crippen molar-refractivity contribution >= 4 is 21.7 Å². The third-order valence-corrected chi connectivity index (χ3v) is 3.40. The molecule has 0 aliphatic rings. The molecule has 0 amide bonds. The molecule has 1 aromatic carbocycles. The second kappa shape index (κ2) is 4.88. The van der Waals surface area contributed by atoms with E-state index < -0.39 is 0 Å². The number of ketones is 1. The summed E-state index contributed by atoms with van der Waals surface area (Å²) in [6.45, 7) is 3.60. The average Bonchev–Trinajstić information content (AvgIpc) is 2.69. The highest BCUT2D eigenvalue weighted by Gasteiger charge is 2.07. The molecule has 3 heteroatoms. The zero-order chi connectivity index (χ0) is 12.4. The smallest absolute Gasteiger partial charge is 0.137 e. The molecular weight excluding hydrogens is 280 g/mol.